The van der Waals surface area contributed by atoms with E-state index >= 15 is 0 Å². The number of carboxylic acid groups (broad SMARTS) is 1. The third-order valence-electron chi connectivity index (χ3n) is 3.43. The number of imide groups is 1. The number of halogens is 1. The molecule has 2 aromatic carbocycles. The van der Waals surface area contributed by atoms with Crippen molar-refractivity contribution in [1.29, 1.82) is 0 Å². The maximum absolute atomic E-state index is 12.4. The highest BCUT2D eigenvalue weighted by atomic mass is 79.9. The molecule has 0 fully saturated rings. The molecule has 3 rings (SSSR count). The molecule has 5 nitrogen and oxygen atoms in total. The van der Waals surface area contributed by atoms with Crippen LogP contribution in [0, 0.1) is 0 Å². The van der Waals surface area contributed by atoms with Crippen LogP contribution in [0.4, 0.5) is 5.69 Å². The summed E-state index contributed by atoms with van der Waals surface area (Å²) in [6, 6.07) is 13.0. The van der Waals surface area contributed by atoms with Crippen molar-refractivity contribution >= 4 is 39.4 Å². The molecule has 1 aliphatic rings. The highest BCUT2D eigenvalue weighted by Crippen LogP contribution is 2.31. The molecule has 0 aliphatic carbocycles. The van der Waals surface area contributed by atoms with E-state index < -0.39 is 22.6 Å². The second-order valence-electron chi connectivity index (χ2n) is 4.79. The van der Waals surface area contributed by atoms with Crippen LogP contribution in [0.2, 0.25) is 0 Å². The predicted octanol–water partition coefficient (Wildman–Crippen LogP) is 3.01. The molecule has 0 saturated heterocycles. The van der Waals surface area contributed by atoms with Gasteiger partial charge < -0.3 is 5.11 Å². The molecule has 0 saturated carbocycles. The Morgan fingerprint density at radius 2 is 1.59 bits per heavy atom. The van der Waals surface area contributed by atoms with E-state index in [1.165, 1.54) is 6.07 Å². The van der Waals surface area contributed by atoms with Gasteiger partial charge in [-0.15, -0.1) is 0 Å². The van der Waals surface area contributed by atoms with Crippen molar-refractivity contribution in [2.24, 2.45) is 0 Å². The Labute approximate surface area is 134 Å². The number of alkyl halides is 1. The first-order valence-electron chi connectivity index (χ1n) is 6.45. The number of carbonyl (C=O) groups is 3. The van der Waals surface area contributed by atoms with Gasteiger partial charge in [0.25, 0.3) is 11.8 Å². The Morgan fingerprint density at radius 1 is 1.00 bits per heavy atom. The van der Waals surface area contributed by atoms with Crippen LogP contribution >= 0.6 is 15.9 Å². The molecule has 0 radical (unpaired) electrons. The molecule has 110 valence electrons. The van der Waals surface area contributed by atoms with Gasteiger partial charge in [-0.1, -0.05) is 40.2 Å². The van der Waals surface area contributed by atoms with Crippen molar-refractivity contribution in [2.45, 2.75) is 4.83 Å². The molecule has 1 aliphatic heterocycles. The lowest BCUT2D eigenvalue weighted by Crippen LogP contribution is -2.29. The molecule has 0 bridgehead atoms. The van der Waals surface area contributed by atoms with Crippen molar-refractivity contribution in [3.63, 3.8) is 0 Å². The van der Waals surface area contributed by atoms with E-state index in [4.69, 9.17) is 5.11 Å². The first-order valence-corrected chi connectivity index (χ1v) is 7.37. The quantitative estimate of drug-likeness (QED) is 0.675. The monoisotopic (exact) mass is 359 g/mol. The summed E-state index contributed by atoms with van der Waals surface area (Å²) in [5.74, 6) is -1.85. The summed E-state index contributed by atoms with van der Waals surface area (Å²) in [4.78, 5) is 36.0. The Morgan fingerprint density at radius 3 is 2.14 bits per heavy atom. The Bertz CT molecular complexity index is 767. The van der Waals surface area contributed by atoms with Crippen molar-refractivity contribution in [2.75, 3.05) is 4.90 Å². The molecule has 1 unspecified atom stereocenters. The van der Waals surface area contributed by atoms with Gasteiger partial charge in [0.1, 0.15) is 4.83 Å². The maximum Gasteiger partial charge on any atom is 0.321 e. The molecule has 1 heterocycles. The molecule has 0 aromatic heterocycles. The van der Waals surface area contributed by atoms with Crippen LogP contribution in [0.15, 0.2) is 48.5 Å². The topological polar surface area (TPSA) is 74.7 Å². The average Bonchev–Trinajstić information content (AvgIpc) is 2.78. The zero-order valence-electron chi connectivity index (χ0n) is 11.2. The van der Waals surface area contributed by atoms with Crippen molar-refractivity contribution < 1.29 is 19.5 Å². The minimum atomic E-state index is -1.04. The first kappa shape index (κ1) is 14.5. The van der Waals surface area contributed by atoms with Crippen molar-refractivity contribution in [3.05, 3.63) is 65.2 Å². The van der Waals surface area contributed by atoms with Gasteiger partial charge in [0.15, 0.2) is 0 Å². The summed E-state index contributed by atoms with van der Waals surface area (Å²) in [6.07, 6.45) is 0. The van der Waals surface area contributed by atoms with Gasteiger partial charge in [0.2, 0.25) is 0 Å². The number of fused-ring (bicyclic) bond motifs is 1. The van der Waals surface area contributed by atoms with Crippen LogP contribution < -0.4 is 4.90 Å². The van der Waals surface area contributed by atoms with Crippen molar-refractivity contribution in [1.82, 2.24) is 0 Å². The number of rotatable bonds is 3. The third-order valence-corrected chi connectivity index (χ3v) is 4.35. The van der Waals surface area contributed by atoms with Gasteiger partial charge in [-0.3, -0.25) is 14.4 Å². The van der Waals surface area contributed by atoms with Gasteiger partial charge in [0.05, 0.1) is 16.8 Å². The Kier molecular flexibility index (Phi) is 3.54. The molecule has 0 spiro atoms. The number of carboxylic acids is 1. The van der Waals surface area contributed by atoms with Gasteiger partial charge >= 0.3 is 5.97 Å². The van der Waals surface area contributed by atoms with Gasteiger partial charge in [-0.05, 0) is 29.8 Å². The standard InChI is InChI=1S/C16H10BrNO4/c17-13(16(21)22)9-4-3-5-10(8-9)18-14(19)11-6-1-2-7-12(11)15(18)20/h1-8,13H,(H,21,22). The van der Waals surface area contributed by atoms with E-state index in [2.05, 4.69) is 15.9 Å². The SMILES string of the molecule is O=C(O)C(Br)c1cccc(N2C(=O)c3ccccc3C2=O)c1. The molecule has 22 heavy (non-hydrogen) atoms. The number of hydrogen-bond donors (Lipinski definition) is 1. The average molecular weight is 360 g/mol. The number of aliphatic carboxylic acids is 1. The molecular formula is C16H10BrNO4. The second-order valence-corrected chi connectivity index (χ2v) is 5.70. The van der Waals surface area contributed by atoms with E-state index in [0.717, 1.165) is 4.90 Å². The van der Waals surface area contributed by atoms with Crippen LogP contribution in [0.5, 0.6) is 0 Å². The number of benzene rings is 2. The summed E-state index contributed by atoms with van der Waals surface area (Å²) in [6.45, 7) is 0. The van der Waals surface area contributed by atoms with Crippen LogP contribution in [-0.4, -0.2) is 22.9 Å². The summed E-state index contributed by atoms with van der Waals surface area (Å²) in [7, 11) is 0. The van der Waals surface area contributed by atoms with Gasteiger partial charge in [0, 0.05) is 0 Å². The summed E-state index contributed by atoms with van der Waals surface area (Å²) in [5, 5.41) is 9.04. The minimum Gasteiger partial charge on any atom is -0.480 e. The fourth-order valence-corrected chi connectivity index (χ4v) is 2.67. The van der Waals surface area contributed by atoms with Gasteiger partial charge in [-0.25, -0.2) is 4.90 Å². The highest BCUT2D eigenvalue weighted by molar-refractivity contribution is 9.09. The fraction of sp³-hybridized carbons (Fsp3) is 0.0625. The minimum absolute atomic E-state index is 0.353. The van der Waals surface area contributed by atoms with Crippen LogP contribution in [0.25, 0.3) is 0 Å². The largest absolute Gasteiger partial charge is 0.480 e. The number of anilines is 1. The van der Waals surface area contributed by atoms with E-state index in [-0.39, 0.29) is 0 Å². The summed E-state index contributed by atoms with van der Waals surface area (Å²) >= 11 is 3.06. The molecule has 2 aromatic rings. The second kappa shape index (κ2) is 5.38. The Hall–Kier alpha value is -2.47. The Balaban J connectivity index is 2.03. The fourth-order valence-electron chi connectivity index (χ4n) is 2.39. The van der Waals surface area contributed by atoms with Gasteiger partial charge in [-0.2, -0.15) is 0 Å². The van der Waals surface area contributed by atoms with E-state index in [9.17, 15) is 14.4 Å². The first-order chi connectivity index (χ1) is 10.5. The summed E-state index contributed by atoms with van der Waals surface area (Å²) in [5.41, 5.74) is 1.52. The number of amides is 2. The third kappa shape index (κ3) is 2.21. The number of carbonyl (C=O) groups excluding carboxylic acids is 2. The lowest BCUT2D eigenvalue weighted by atomic mass is 10.1. The zero-order chi connectivity index (χ0) is 15.9. The number of nitrogens with zero attached hydrogens (tertiary/aromatic N) is 1. The molecule has 6 heteroatoms. The molecule has 1 atom stereocenters. The molecule has 1 N–H and O–H groups in total. The van der Waals surface area contributed by atoms with E-state index in [0.29, 0.717) is 22.4 Å². The maximum atomic E-state index is 12.4. The lowest BCUT2D eigenvalue weighted by Gasteiger charge is -2.15. The summed E-state index contributed by atoms with van der Waals surface area (Å²) < 4.78 is 0. The normalized spacial score (nSPS) is 14.9. The van der Waals surface area contributed by atoms with Crippen molar-refractivity contribution in [3.8, 4) is 0 Å². The number of hydrogen-bond acceptors (Lipinski definition) is 3. The highest BCUT2D eigenvalue weighted by Gasteiger charge is 2.36. The van der Waals surface area contributed by atoms with Crippen LogP contribution in [0.3, 0.4) is 0 Å². The predicted molar refractivity (Wildman–Crippen MR) is 83.3 cm³/mol. The zero-order valence-corrected chi connectivity index (χ0v) is 12.8. The smallest absolute Gasteiger partial charge is 0.321 e. The van der Waals surface area contributed by atoms with E-state index in [1.54, 1.807) is 42.5 Å². The van der Waals surface area contributed by atoms with Crippen LogP contribution in [0.1, 0.15) is 31.1 Å². The van der Waals surface area contributed by atoms with E-state index in [1.807, 2.05) is 0 Å². The molecule has 2 amide bonds. The molecular weight excluding hydrogens is 350 g/mol. The lowest BCUT2D eigenvalue weighted by molar-refractivity contribution is -0.136. The van der Waals surface area contributed by atoms with Crippen LogP contribution in [-0.2, 0) is 4.79 Å².